The van der Waals surface area contributed by atoms with E-state index in [4.69, 9.17) is 0 Å². The fourth-order valence-corrected chi connectivity index (χ4v) is 8.16. The Balaban J connectivity index is 2.09. The van der Waals surface area contributed by atoms with Crippen LogP contribution in [0.25, 0.3) is 5.57 Å². The molecular weight excluding hydrogens is 352 g/mol. The van der Waals surface area contributed by atoms with E-state index in [2.05, 4.69) is 65.1 Å². The monoisotopic (exact) mass is 378 g/mol. The van der Waals surface area contributed by atoms with Gasteiger partial charge in [0.1, 0.15) is 0 Å². The van der Waals surface area contributed by atoms with E-state index in [1.54, 1.807) is 11.1 Å². The molecule has 0 radical (unpaired) electrons. The lowest BCUT2D eigenvalue weighted by atomic mass is 9.67. The first-order valence-corrected chi connectivity index (χ1v) is 11.0. The molecule has 1 aromatic carbocycles. The number of hydrogen-bond acceptors (Lipinski definition) is 2. The zero-order valence-electron chi connectivity index (χ0n) is 16.1. The zero-order valence-corrected chi connectivity index (χ0v) is 17.7. The van der Waals surface area contributed by atoms with Gasteiger partial charge in [-0.05, 0) is 66.7 Å². The van der Waals surface area contributed by atoms with Crippen LogP contribution >= 0.6 is 23.5 Å². The highest BCUT2D eigenvalue weighted by Crippen LogP contribution is 2.71. The third-order valence-corrected chi connectivity index (χ3v) is 9.56. The molecule has 26 heavy (non-hydrogen) atoms. The Kier molecular flexibility index (Phi) is 4.20. The average Bonchev–Trinajstić information content (AvgIpc) is 3.11. The van der Waals surface area contributed by atoms with E-state index >= 15 is 0 Å². The van der Waals surface area contributed by atoms with Crippen LogP contribution < -0.4 is 0 Å². The van der Waals surface area contributed by atoms with Gasteiger partial charge in [-0.15, -0.1) is 23.5 Å². The number of benzene rings is 1. The molecule has 0 aromatic heterocycles. The Morgan fingerprint density at radius 3 is 2.35 bits per heavy atom. The molecule has 0 fully saturated rings. The first kappa shape index (κ1) is 18.0. The quantitative estimate of drug-likeness (QED) is 0.530. The van der Waals surface area contributed by atoms with Crippen molar-refractivity contribution in [1.29, 1.82) is 0 Å². The maximum atomic E-state index is 4.14. The predicted molar refractivity (Wildman–Crippen MR) is 119 cm³/mol. The fraction of sp³-hybridized carbons (Fsp3) is 0.333. The van der Waals surface area contributed by atoms with Gasteiger partial charge < -0.3 is 0 Å². The highest BCUT2D eigenvalue weighted by atomic mass is 32.2. The summed E-state index contributed by atoms with van der Waals surface area (Å²) in [7, 11) is 0. The van der Waals surface area contributed by atoms with Crippen LogP contribution in [0.5, 0.6) is 0 Å². The van der Waals surface area contributed by atoms with Gasteiger partial charge in [-0.1, -0.05) is 56.9 Å². The van der Waals surface area contributed by atoms with Crippen LogP contribution in [0.4, 0.5) is 0 Å². The molecule has 0 nitrogen and oxygen atoms in total. The van der Waals surface area contributed by atoms with Gasteiger partial charge in [-0.3, -0.25) is 0 Å². The van der Waals surface area contributed by atoms with Crippen LogP contribution in [0.2, 0.25) is 0 Å². The Hall–Kier alpha value is -1.38. The van der Waals surface area contributed by atoms with Crippen LogP contribution in [0.3, 0.4) is 0 Å². The first-order valence-electron chi connectivity index (χ1n) is 9.35. The highest BCUT2D eigenvalue weighted by Gasteiger charge is 2.60. The van der Waals surface area contributed by atoms with E-state index in [1.165, 1.54) is 32.1 Å². The Labute approximate surface area is 166 Å². The first-order chi connectivity index (χ1) is 12.4. The van der Waals surface area contributed by atoms with E-state index in [0.29, 0.717) is 0 Å². The second-order valence-electron chi connectivity index (χ2n) is 7.56. The summed E-state index contributed by atoms with van der Waals surface area (Å²) < 4.78 is 0.000111. The minimum absolute atomic E-state index is 0.0135. The van der Waals surface area contributed by atoms with E-state index in [0.717, 1.165) is 12.8 Å². The van der Waals surface area contributed by atoms with Gasteiger partial charge in [0, 0.05) is 9.80 Å². The summed E-state index contributed by atoms with van der Waals surface area (Å²) >= 11 is 4.02. The lowest BCUT2D eigenvalue weighted by Crippen LogP contribution is -2.47. The number of fused-ring (bicyclic) bond motifs is 5. The molecule has 2 aliphatic heterocycles. The Morgan fingerprint density at radius 1 is 1.00 bits per heavy atom. The zero-order chi connectivity index (χ0) is 18.7. The predicted octanol–water partition coefficient (Wildman–Crippen LogP) is 7.57. The van der Waals surface area contributed by atoms with Gasteiger partial charge in [-0.25, -0.2) is 0 Å². The molecule has 4 rings (SSSR count). The lowest BCUT2D eigenvalue weighted by molar-refractivity contribution is 0.635. The van der Waals surface area contributed by atoms with E-state index in [1.807, 2.05) is 35.7 Å². The maximum absolute atomic E-state index is 4.14. The van der Waals surface area contributed by atoms with Crippen molar-refractivity contribution in [3.63, 3.8) is 0 Å². The van der Waals surface area contributed by atoms with Gasteiger partial charge in [0.15, 0.2) is 0 Å². The minimum Gasteiger partial charge on any atom is -0.112 e. The number of allylic oxidation sites excluding steroid dienone is 5. The molecule has 0 spiro atoms. The third kappa shape index (κ3) is 2.06. The summed E-state index contributed by atoms with van der Waals surface area (Å²) in [6.07, 6.45) is 6.35. The molecule has 0 amide bonds. The molecule has 0 bridgehead atoms. The standard InChI is InChI=1S/C24H26S2/c1-7-12-17-15(4)21-16(8-2)19(9-3)25-23(21,5)24(6)22(17)18-13-10-11-14-20(18)26-24/h8-11,13-14H,2-3,7,12H2,1,4-6H3. The normalized spacial score (nSPS) is 29.7. The average molecular weight is 379 g/mol. The smallest absolute Gasteiger partial charge is 0.0624 e. The number of rotatable bonds is 4. The Morgan fingerprint density at radius 2 is 1.69 bits per heavy atom. The van der Waals surface area contributed by atoms with Crippen LogP contribution in [0.1, 0.15) is 46.1 Å². The largest absolute Gasteiger partial charge is 0.112 e. The molecule has 2 atom stereocenters. The van der Waals surface area contributed by atoms with Crippen LogP contribution in [0, 0.1) is 0 Å². The van der Waals surface area contributed by atoms with Crippen molar-refractivity contribution in [2.45, 2.75) is 54.9 Å². The van der Waals surface area contributed by atoms with Crippen molar-refractivity contribution in [3.05, 3.63) is 82.3 Å². The van der Waals surface area contributed by atoms with Crippen LogP contribution in [-0.4, -0.2) is 9.49 Å². The minimum atomic E-state index is -0.0135. The third-order valence-electron chi connectivity index (χ3n) is 6.20. The van der Waals surface area contributed by atoms with Gasteiger partial charge >= 0.3 is 0 Å². The van der Waals surface area contributed by atoms with Gasteiger partial charge in [0.2, 0.25) is 0 Å². The van der Waals surface area contributed by atoms with Crippen molar-refractivity contribution in [2.24, 2.45) is 0 Å². The molecular formula is C24H26S2. The molecule has 0 N–H and O–H groups in total. The molecule has 1 aliphatic carbocycles. The summed E-state index contributed by atoms with van der Waals surface area (Å²) in [4.78, 5) is 2.69. The number of hydrogen-bond donors (Lipinski definition) is 0. The van der Waals surface area contributed by atoms with E-state index in [9.17, 15) is 0 Å². The summed E-state index contributed by atoms with van der Waals surface area (Å²) in [6.45, 7) is 17.7. The van der Waals surface area contributed by atoms with Crippen LogP contribution in [-0.2, 0) is 0 Å². The van der Waals surface area contributed by atoms with Gasteiger partial charge in [0.25, 0.3) is 0 Å². The SMILES string of the molecule is C=CC1=C(C=C)C2=C(C)C(CCC)=C3c4ccccc4SC3(C)C2(C)S1. The number of thioether (sulfide) groups is 2. The van der Waals surface area contributed by atoms with Gasteiger partial charge in [-0.2, -0.15) is 0 Å². The molecule has 0 saturated carbocycles. The van der Waals surface area contributed by atoms with E-state index < -0.39 is 0 Å². The summed E-state index contributed by atoms with van der Waals surface area (Å²) in [5.41, 5.74) is 8.77. The molecule has 2 unspecified atom stereocenters. The van der Waals surface area contributed by atoms with Crippen molar-refractivity contribution < 1.29 is 0 Å². The van der Waals surface area contributed by atoms with Crippen molar-refractivity contribution >= 4 is 29.1 Å². The molecule has 3 aliphatic rings. The topological polar surface area (TPSA) is 0 Å². The fourth-order valence-electron chi connectivity index (χ4n) is 4.93. The Bertz CT molecular complexity index is 927. The van der Waals surface area contributed by atoms with Gasteiger partial charge in [0.05, 0.1) is 9.49 Å². The maximum Gasteiger partial charge on any atom is 0.0624 e. The lowest BCUT2D eigenvalue weighted by Gasteiger charge is -2.48. The highest BCUT2D eigenvalue weighted by molar-refractivity contribution is 8.08. The summed E-state index contributed by atoms with van der Waals surface area (Å²) in [5, 5.41) is 0. The molecule has 2 heteroatoms. The van der Waals surface area contributed by atoms with Crippen LogP contribution in [0.15, 0.2) is 81.7 Å². The molecule has 134 valence electrons. The molecule has 2 heterocycles. The summed E-state index contributed by atoms with van der Waals surface area (Å²) in [5.74, 6) is 0. The molecule has 0 saturated heterocycles. The molecule has 1 aromatic rings. The second kappa shape index (κ2) is 6.07. The summed E-state index contributed by atoms with van der Waals surface area (Å²) in [6, 6.07) is 8.95. The second-order valence-corrected chi connectivity index (χ2v) is 10.5. The van der Waals surface area contributed by atoms with Crippen molar-refractivity contribution in [1.82, 2.24) is 0 Å². The van der Waals surface area contributed by atoms with Crippen molar-refractivity contribution in [2.75, 3.05) is 0 Å². The van der Waals surface area contributed by atoms with E-state index in [-0.39, 0.29) is 9.49 Å². The van der Waals surface area contributed by atoms with Crippen molar-refractivity contribution in [3.8, 4) is 0 Å².